The van der Waals surface area contributed by atoms with E-state index in [1.54, 1.807) is 4.90 Å². The highest BCUT2D eigenvalue weighted by Gasteiger charge is 2.50. The molecule has 2 amide bonds. The summed E-state index contributed by atoms with van der Waals surface area (Å²) >= 11 is 0. The molecule has 4 rings (SSSR count). The number of hydrogen-bond donors (Lipinski definition) is 1. The zero-order valence-electron chi connectivity index (χ0n) is 15.0. The van der Waals surface area contributed by atoms with Gasteiger partial charge in [-0.2, -0.15) is 13.2 Å². The van der Waals surface area contributed by atoms with Crippen LogP contribution in [0, 0.1) is 11.8 Å². The highest BCUT2D eigenvalue weighted by Crippen LogP contribution is 2.43. The largest absolute Gasteiger partial charge is 0.416 e. The molecule has 0 bridgehead atoms. The van der Waals surface area contributed by atoms with E-state index < -0.39 is 29.5 Å². The van der Waals surface area contributed by atoms with Crippen molar-refractivity contribution in [3.8, 4) is 0 Å². The van der Waals surface area contributed by atoms with Gasteiger partial charge in [0.25, 0.3) is 0 Å². The molecular weight excluding hydrogens is 369 g/mol. The normalized spacial score (nSPS) is 21.0. The Labute approximate surface area is 160 Å². The first-order chi connectivity index (χ1) is 13.3. The van der Waals surface area contributed by atoms with Crippen molar-refractivity contribution >= 4 is 23.2 Å². The van der Waals surface area contributed by atoms with Crippen LogP contribution in [0.2, 0.25) is 0 Å². The first-order valence-electron chi connectivity index (χ1n) is 9.22. The van der Waals surface area contributed by atoms with Crippen LogP contribution in [-0.2, 0) is 22.2 Å². The highest BCUT2D eigenvalue weighted by molar-refractivity contribution is 6.04. The maximum absolute atomic E-state index is 12.9. The van der Waals surface area contributed by atoms with Crippen LogP contribution < -0.4 is 10.2 Å². The fourth-order valence-electron chi connectivity index (χ4n) is 3.73. The van der Waals surface area contributed by atoms with Gasteiger partial charge in [0.1, 0.15) is 0 Å². The summed E-state index contributed by atoms with van der Waals surface area (Å²) in [5.41, 5.74) is 1.27. The molecule has 2 aliphatic rings. The molecule has 2 unspecified atom stereocenters. The Morgan fingerprint density at radius 3 is 2.61 bits per heavy atom. The van der Waals surface area contributed by atoms with Gasteiger partial charge in [0.05, 0.1) is 17.4 Å². The van der Waals surface area contributed by atoms with Gasteiger partial charge >= 0.3 is 6.18 Å². The Morgan fingerprint density at radius 2 is 1.82 bits per heavy atom. The highest BCUT2D eigenvalue weighted by atomic mass is 19.4. The maximum atomic E-state index is 12.9. The van der Waals surface area contributed by atoms with E-state index in [1.807, 2.05) is 24.3 Å². The van der Waals surface area contributed by atoms with E-state index in [2.05, 4.69) is 5.32 Å². The average molecular weight is 388 g/mol. The molecular formula is C21H19F3N2O2. The lowest BCUT2D eigenvalue weighted by Gasteiger charge is -2.29. The van der Waals surface area contributed by atoms with Crippen LogP contribution in [0.5, 0.6) is 0 Å². The molecule has 0 radical (unpaired) electrons. The van der Waals surface area contributed by atoms with E-state index in [9.17, 15) is 22.8 Å². The summed E-state index contributed by atoms with van der Waals surface area (Å²) in [6.07, 6.45) is -2.26. The summed E-state index contributed by atoms with van der Waals surface area (Å²) in [5, 5.41) is 2.51. The number of carbonyl (C=O) groups is 2. The molecule has 1 N–H and O–H groups in total. The topological polar surface area (TPSA) is 49.4 Å². The third kappa shape index (κ3) is 3.61. The van der Waals surface area contributed by atoms with Crippen molar-refractivity contribution in [2.24, 2.45) is 11.8 Å². The number of alkyl halides is 3. The fourth-order valence-corrected chi connectivity index (χ4v) is 3.73. The summed E-state index contributed by atoms with van der Waals surface area (Å²) < 4.78 is 38.4. The molecule has 1 saturated carbocycles. The predicted molar refractivity (Wildman–Crippen MR) is 98.8 cm³/mol. The third-order valence-electron chi connectivity index (χ3n) is 5.28. The summed E-state index contributed by atoms with van der Waals surface area (Å²) in [5.74, 6) is -1.42. The number of anilines is 2. The molecule has 1 heterocycles. The standard InChI is InChI=1S/C21H19F3N2O2/c22-21(23,24)14-7-3-8-15(11-14)25-19(27)16-12-17(16)20(28)26-10-4-6-13-5-1-2-9-18(13)26/h1-3,5,7-9,11,16-17H,4,6,10,12H2,(H,25,27). The van der Waals surface area contributed by atoms with E-state index in [4.69, 9.17) is 0 Å². The summed E-state index contributed by atoms with van der Waals surface area (Å²) in [6.45, 7) is 0.619. The minimum absolute atomic E-state index is 0.0845. The molecule has 4 nitrogen and oxygen atoms in total. The zero-order chi connectivity index (χ0) is 19.9. The maximum Gasteiger partial charge on any atom is 0.416 e. The van der Waals surface area contributed by atoms with E-state index in [-0.39, 0.29) is 11.6 Å². The zero-order valence-corrected chi connectivity index (χ0v) is 15.0. The molecule has 1 fully saturated rings. The molecule has 2 aromatic rings. The number of hydrogen-bond acceptors (Lipinski definition) is 2. The van der Waals surface area contributed by atoms with Crippen molar-refractivity contribution < 1.29 is 22.8 Å². The Morgan fingerprint density at radius 1 is 1.04 bits per heavy atom. The van der Waals surface area contributed by atoms with Gasteiger partial charge in [-0.1, -0.05) is 24.3 Å². The number of halogens is 3. The minimum atomic E-state index is -4.47. The quantitative estimate of drug-likeness (QED) is 0.854. The SMILES string of the molecule is O=C(Nc1cccc(C(F)(F)F)c1)C1CC1C(=O)N1CCCc2ccccc21. The molecule has 7 heteroatoms. The van der Waals surface area contributed by atoms with Crippen LogP contribution in [-0.4, -0.2) is 18.4 Å². The van der Waals surface area contributed by atoms with Crippen molar-refractivity contribution in [1.82, 2.24) is 0 Å². The number of benzene rings is 2. The second kappa shape index (κ2) is 6.96. The van der Waals surface area contributed by atoms with Crippen molar-refractivity contribution in [3.05, 3.63) is 59.7 Å². The van der Waals surface area contributed by atoms with Crippen molar-refractivity contribution in [2.45, 2.75) is 25.4 Å². The van der Waals surface area contributed by atoms with Crippen LogP contribution >= 0.6 is 0 Å². The number of rotatable bonds is 3. The summed E-state index contributed by atoms with van der Waals surface area (Å²) in [4.78, 5) is 27.0. The van der Waals surface area contributed by atoms with Gasteiger partial charge in [-0.25, -0.2) is 0 Å². The minimum Gasteiger partial charge on any atom is -0.326 e. The number of carbonyl (C=O) groups excluding carboxylic acids is 2. The monoisotopic (exact) mass is 388 g/mol. The lowest BCUT2D eigenvalue weighted by Crippen LogP contribution is -2.37. The van der Waals surface area contributed by atoms with Gasteiger partial charge in [-0.3, -0.25) is 9.59 Å². The number of nitrogens with one attached hydrogen (secondary N) is 1. The number of amides is 2. The van der Waals surface area contributed by atoms with Crippen LogP contribution in [0.3, 0.4) is 0 Å². The molecule has 28 heavy (non-hydrogen) atoms. The Kier molecular flexibility index (Phi) is 4.61. The number of para-hydroxylation sites is 1. The van der Waals surface area contributed by atoms with E-state index in [1.165, 1.54) is 12.1 Å². The van der Waals surface area contributed by atoms with E-state index in [0.29, 0.717) is 13.0 Å². The molecule has 2 aromatic carbocycles. The van der Waals surface area contributed by atoms with Gasteiger partial charge in [0.2, 0.25) is 11.8 Å². The van der Waals surface area contributed by atoms with Gasteiger partial charge in [-0.15, -0.1) is 0 Å². The molecule has 2 atom stereocenters. The van der Waals surface area contributed by atoms with Gasteiger partial charge in [-0.05, 0) is 49.1 Å². The smallest absolute Gasteiger partial charge is 0.326 e. The van der Waals surface area contributed by atoms with E-state index in [0.717, 1.165) is 36.2 Å². The first kappa shape index (κ1) is 18.5. The van der Waals surface area contributed by atoms with Gasteiger partial charge in [0.15, 0.2) is 0 Å². The number of fused-ring (bicyclic) bond motifs is 1. The molecule has 0 spiro atoms. The van der Waals surface area contributed by atoms with Gasteiger partial charge < -0.3 is 10.2 Å². The Hall–Kier alpha value is -2.83. The molecule has 146 valence electrons. The number of aryl methyl sites for hydroxylation is 1. The van der Waals surface area contributed by atoms with E-state index >= 15 is 0 Å². The van der Waals surface area contributed by atoms with Crippen molar-refractivity contribution in [2.75, 3.05) is 16.8 Å². The Bertz CT molecular complexity index is 926. The third-order valence-corrected chi connectivity index (χ3v) is 5.28. The van der Waals surface area contributed by atoms with Crippen LogP contribution in [0.15, 0.2) is 48.5 Å². The van der Waals surface area contributed by atoms with Crippen molar-refractivity contribution in [3.63, 3.8) is 0 Å². The molecule has 1 aliphatic carbocycles. The molecule has 1 aliphatic heterocycles. The second-order valence-electron chi connectivity index (χ2n) is 7.24. The van der Waals surface area contributed by atoms with Gasteiger partial charge in [0, 0.05) is 17.9 Å². The Balaban J connectivity index is 1.42. The fraction of sp³-hybridized carbons (Fsp3) is 0.333. The average Bonchev–Trinajstić information content (AvgIpc) is 3.47. The van der Waals surface area contributed by atoms with Crippen LogP contribution in [0.4, 0.5) is 24.5 Å². The van der Waals surface area contributed by atoms with Crippen molar-refractivity contribution in [1.29, 1.82) is 0 Å². The van der Waals surface area contributed by atoms with Crippen LogP contribution in [0.25, 0.3) is 0 Å². The summed E-state index contributed by atoms with van der Waals surface area (Å²) in [6, 6.07) is 12.2. The predicted octanol–water partition coefficient (Wildman–Crippen LogP) is 4.26. The summed E-state index contributed by atoms with van der Waals surface area (Å²) in [7, 11) is 0. The van der Waals surface area contributed by atoms with Crippen LogP contribution in [0.1, 0.15) is 24.0 Å². The molecule has 0 aromatic heterocycles. The first-order valence-corrected chi connectivity index (χ1v) is 9.22. The lowest BCUT2D eigenvalue weighted by molar-refractivity contribution is -0.137. The number of nitrogens with zero attached hydrogens (tertiary/aromatic N) is 1. The lowest BCUT2D eigenvalue weighted by atomic mass is 10.0. The molecule has 0 saturated heterocycles. The second-order valence-corrected chi connectivity index (χ2v) is 7.24.